The zero-order valence-corrected chi connectivity index (χ0v) is 14.1. The third kappa shape index (κ3) is 3.91. The number of carbonyl (C=O) groups is 1. The number of hydrogen-bond donors (Lipinski definition) is 1. The van der Waals surface area contributed by atoms with E-state index in [4.69, 9.17) is 0 Å². The molecular weight excluding hydrogens is 284 g/mol. The summed E-state index contributed by atoms with van der Waals surface area (Å²) in [6, 6.07) is 15.3. The number of fused-ring (bicyclic) bond motifs is 1. The van der Waals surface area contributed by atoms with Crippen molar-refractivity contribution in [2.24, 2.45) is 5.92 Å². The predicted molar refractivity (Wildman–Crippen MR) is 95.2 cm³/mol. The van der Waals surface area contributed by atoms with Crippen LogP contribution in [-0.4, -0.2) is 29.9 Å². The van der Waals surface area contributed by atoms with Crippen molar-refractivity contribution < 1.29 is 4.79 Å². The zero-order chi connectivity index (χ0) is 16.2. The number of carbonyl (C=O) groups excluding carboxylic acids is 1. The highest BCUT2D eigenvalue weighted by Gasteiger charge is 2.26. The summed E-state index contributed by atoms with van der Waals surface area (Å²) in [5.41, 5.74) is 1.35. The first-order chi connectivity index (χ1) is 11.1. The van der Waals surface area contributed by atoms with Gasteiger partial charge in [-0.2, -0.15) is 0 Å². The van der Waals surface area contributed by atoms with Crippen LogP contribution in [-0.2, 0) is 11.3 Å². The Hall–Kier alpha value is -1.87. The molecule has 1 unspecified atom stereocenters. The van der Waals surface area contributed by atoms with E-state index in [9.17, 15) is 4.79 Å². The molecular formula is C20H26N2O. The molecule has 3 heteroatoms. The number of nitrogens with zero attached hydrogens (tertiary/aromatic N) is 1. The van der Waals surface area contributed by atoms with Crippen molar-refractivity contribution >= 4 is 16.7 Å². The second-order valence-corrected chi connectivity index (χ2v) is 6.88. The third-order valence-corrected chi connectivity index (χ3v) is 4.58. The van der Waals surface area contributed by atoms with Crippen LogP contribution in [0.2, 0.25) is 0 Å². The molecule has 0 saturated carbocycles. The van der Waals surface area contributed by atoms with Gasteiger partial charge in [0.1, 0.15) is 0 Å². The van der Waals surface area contributed by atoms with E-state index in [1.54, 1.807) is 0 Å². The minimum Gasteiger partial charge on any atom is -0.354 e. The highest BCUT2D eigenvalue weighted by Crippen LogP contribution is 2.23. The summed E-state index contributed by atoms with van der Waals surface area (Å²) < 4.78 is 0. The molecule has 0 bridgehead atoms. The summed E-state index contributed by atoms with van der Waals surface area (Å²) in [5, 5.41) is 5.67. The van der Waals surface area contributed by atoms with Crippen molar-refractivity contribution in [1.29, 1.82) is 0 Å². The van der Waals surface area contributed by atoms with Crippen molar-refractivity contribution in [1.82, 2.24) is 10.2 Å². The predicted octanol–water partition coefficient (Wildman–Crippen LogP) is 3.58. The topological polar surface area (TPSA) is 32.3 Å². The van der Waals surface area contributed by atoms with Gasteiger partial charge in [-0.25, -0.2) is 0 Å². The molecule has 1 fully saturated rings. The van der Waals surface area contributed by atoms with E-state index in [2.05, 4.69) is 52.7 Å². The van der Waals surface area contributed by atoms with Gasteiger partial charge in [-0.05, 0) is 49.6 Å². The minimum absolute atomic E-state index is 0.126. The number of rotatable bonds is 4. The number of amides is 1. The Morgan fingerprint density at radius 2 is 2.00 bits per heavy atom. The number of likely N-dealkylation sites (tertiary alicyclic amines) is 1. The molecule has 1 aliphatic heterocycles. The third-order valence-electron chi connectivity index (χ3n) is 4.58. The molecule has 1 heterocycles. The Labute approximate surface area is 138 Å². The Kier molecular flexibility index (Phi) is 4.97. The maximum Gasteiger partial charge on any atom is 0.224 e. The van der Waals surface area contributed by atoms with Crippen molar-refractivity contribution in [3.05, 3.63) is 48.0 Å². The fraction of sp³-hybridized carbons (Fsp3) is 0.450. The average molecular weight is 310 g/mol. The van der Waals surface area contributed by atoms with Gasteiger partial charge in [0.2, 0.25) is 5.91 Å². The lowest BCUT2D eigenvalue weighted by atomic mass is 9.95. The van der Waals surface area contributed by atoms with Crippen molar-refractivity contribution in [3.8, 4) is 0 Å². The number of hydrogen-bond acceptors (Lipinski definition) is 2. The molecule has 1 saturated heterocycles. The van der Waals surface area contributed by atoms with E-state index in [-0.39, 0.29) is 17.9 Å². The molecule has 122 valence electrons. The van der Waals surface area contributed by atoms with Gasteiger partial charge in [0, 0.05) is 19.1 Å². The largest absolute Gasteiger partial charge is 0.354 e. The molecule has 0 aromatic heterocycles. The van der Waals surface area contributed by atoms with Gasteiger partial charge in [0.15, 0.2) is 0 Å². The van der Waals surface area contributed by atoms with Crippen LogP contribution in [0.25, 0.3) is 10.8 Å². The Bertz CT molecular complexity index is 675. The second-order valence-electron chi connectivity index (χ2n) is 6.88. The zero-order valence-electron chi connectivity index (χ0n) is 14.1. The SMILES string of the molecule is CC(C)NC(=O)C1CCCN(Cc2cccc3ccccc23)C1. The summed E-state index contributed by atoms with van der Waals surface area (Å²) in [4.78, 5) is 14.7. The van der Waals surface area contributed by atoms with Gasteiger partial charge in [0.25, 0.3) is 0 Å². The number of nitrogens with one attached hydrogen (secondary N) is 1. The summed E-state index contributed by atoms with van der Waals surface area (Å²) in [6.45, 7) is 6.91. The summed E-state index contributed by atoms with van der Waals surface area (Å²) in [7, 11) is 0. The van der Waals surface area contributed by atoms with Gasteiger partial charge < -0.3 is 5.32 Å². The lowest BCUT2D eigenvalue weighted by Gasteiger charge is -2.32. The lowest BCUT2D eigenvalue weighted by molar-refractivity contribution is -0.127. The fourth-order valence-electron chi connectivity index (χ4n) is 3.49. The molecule has 2 aromatic carbocycles. The van der Waals surface area contributed by atoms with Crippen LogP contribution >= 0.6 is 0 Å². The highest BCUT2D eigenvalue weighted by atomic mass is 16.2. The maximum absolute atomic E-state index is 12.3. The van der Waals surface area contributed by atoms with E-state index >= 15 is 0 Å². The molecule has 2 aromatic rings. The molecule has 1 N–H and O–H groups in total. The number of piperidine rings is 1. The van der Waals surface area contributed by atoms with E-state index < -0.39 is 0 Å². The first kappa shape index (κ1) is 16.0. The Morgan fingerprint density at radius 1 is 1.22 bits per heavy atom. The summed E-state index contributed by atoms with van der Waals surface area (Å²) in [6.07, 6.45) is 2.10. The van der Waals surface area contributed by atoms with Crippen LogP contribution in [0, 0.1) is 5.92 Å². The molecule has 0 aliphatic carbocycles. The average Bonchev–Trinajstić information content (AvgIpc) is 2.55. The highest BCUT2D eigenvalue weighted by molar-refractivity contribution is 5.85. The second kappa shape index (κ2) is 7.14. The maximum atomic E-state index is 12.3. The van der Waals surface area contributed by atoms with E-state index in [0.29, 0.717) is 0 Å². The van der Waals surface area contributed by atoms with Gasteiger partial charge in [0.05, 0.1) is 5.92 Å². The molecule has 0 radical (unpaired) electrons. The molecule has 0 spiro atoms. The van der Waals surface area contributed by atoms with Crippen LogP contribution in [0.15, 0.2) is 42.5 Å². The van der Waals surface area contributed by atoms with Gasteiger partial charge >= 0.3 is 0 Å². The lowest BCUT2D eigenvalue weighted by Crippen LogP contribution is -2.44. The van der Waals surface area contributed by atoms with Crippen LogP contribution in [0.3, 0.4) is 0 Å². The van der Waals surface area contributed by atoms with Gasteiger partial charge in [-0.1, -0.05) is 42.5 Å². The molecule has 3 rings (SSSR count). The fourth-order valence-corrected chi connectivity index (χ4v) is 3.49. The van der Waals surface area contributed by atoms with Gasteiger partial charge in [-0.3, -0.25) is 9.69 Å². The summed E-state index contributed by atoms with van der Waals surface area (Å²) >= 11 is 0. The quantitative estimate of drug-likeness (QED) is 0.936. The van der Waals surface area contributed by atoms with Crippen molar-refractivity contribution in [2.45, 2.75) is 39.3 Å². The van der Waals surface area contributed by atoms with E-state index in [0.717, 1.165) is 32.5 Å². The molecule has 1 aliphatic rings. The molecule has 3 nitrogen and oxygen atoms in total. The van der Waals surface area contributed by atoms with Crippen molar-refractivity contribution in [2.75, 3.05) is 13.1 Å². The first-order valence-electron chi connectivity index (χ1n) is 8.63. The molecule has 1 amide bonds. The van der Waals surface area contributed by atoms with Crippen LogP contribution in [0.5, 0.6) is 0 Å². The number of benzene rings is 2. The first-order valence-corrected chi connectivity index (χ1v) is 8.63. The molecule has 1 atom stereocenters. The summed E-state index contributed by atoms with van der Waals surface area (Å²) in [5.74, 6) is 0.337. The van der Waals surface area contributed by atoms with Crippen molar-refractivity contribution in [3.63, 3.8) is 0 Å². The molecule has 23 heavy (non-hydrogen) atoms. The Balaban J connectivity index is 1.71. The van der Waals surface area contributed by atoms with E-state index in [1.807, 2.05) is 13.8 Å². The van der Waals surface area contributed by atoms with Gasteiger partial charge in [-0.15, -0.1) is 0 Å². The van der Waals surface area contributed by atoms with Crippen LogP contribution in [0.4, 0.5) is 0 Å². The van der Waals surface area contributed by atoms with Crippen LogP contribution in [0.1, 0.15) is 32.3 Å². The smallest absolute Gasteiger partial charge is 0.224 e. The van der Waals surface area contributed by atoms with Crippen LogP contribution < -0.4 is 5.32 Å². The monoisotopic (exact) mass is 310 g/mol. The Morgan fingerprint density at radius 3 is 2.83 bits per heavy atom. The minimum atomic E-state index is 0.126. The van der Waals surface area contributed by atoms with E-state index in [1.165, 1.54) is 16.3 Å². The standard InChI is InChI=1S/C20H26N2O/c1-15(2)21-20(23)18-10-6-12-22(14-18)13-17-9-5-8-16-7-3-4-11-19(16)17/h3-5,7-9,11,15,18H,6,10,12-14H2,1-2H3,(H,21,23). The normalized spacial score (nSPS) is 19.2.